The highest BCUT2D eigenvalue weighted by molar-refractivity contribution is 5.80. The van der Waals surface area contributed by atoms with Gasteiger partial charge < -0.3 is 4.90 Å². The summed E-state index contributed by atoms with van der Waals surface area (Å²) in [6.45, 7) is 5.38. The van der Waals surface area contributed by atoms with E-state index in [0.717, 1.165) is 38.6 Å². The number of hydrogen-bond donors (Lipinski definition) is 0. The van der Waals surface area contributed by atoms with Gasteiger partial charge in [0.05, 0.1) is 0 Å². The molecule has 0 aromatic heterocycles. The minimum absolute atomic E-state index is 0.870. The molecule has 1 fully saturated rings. The number of benzene rings is 1. The van der Waals surface area contributed by atoms with Gasteiger partial charge in [0.25, 0.3) is 0 Å². The van der Waals surface area contributed by atoms with Crippen molar-refractivity contribution in [3.8, 4) is 0 Å². The van der Waals surface area contributed by atoms with Gasteiger partial charge in [0.1, 0.15) is 6.67 Å². The number of rotatable bonds is 4. The van der Waals surface area contributed by atoms with Crippen LogP contribution in [0.15, 0.2) is 46.6 Å². The van der Waals surface area contributed by atoms with E-state index in [9.17, 15) is 0 Å². The van der Waals surface area contributed by atoms with Crippen molar-refractivity contribution >= 4 is 6.21 Å². The van der Waals surface area contributed by atoms with Gasteiger partial charge in [0, 0.05) is 38.1 Å². The Labute approximate surface area is 146 Å². The lowest BCUT2D eigenvalue weighted by atomic mass is 9.88. The normalized spacial score (nSPS) is 22.8. The largest absolute Gasteiger partial charge is 0.354 e. The second-order valence-corrected chi connectivity index (χ2v) is 7.60. The van der Waals surface area contributed by atoms with Crippen molar-refractivity contribution in [3.05, 3.63) is 47.2 Å². The summed E-state index contributed by atoms with van der Waals surface area (Å²) in [5.74, 6) is 0.880. The zero-order valence-electron chi connectivity index (χ0n) is 14.7. The van der Waals surface area contributed by atoms with E-state index in [1.54, 1.807) is 5.70 Å². The van der Waals surface area contributed by atoms with Gasteiger partial charge in [-0.25, -0.2) is 0 Å². The second kappa shape index (κ2) is 7.52. The third kappa shape index (κ3) is 3.72. The van der Waals surface area contributed by atoms with Crippen molar-refractivity contribution in [3.63, 3.8) is 0 Å². The van der Waals surface area contributed by atoms with Crippen LogP contribution in [0.1, 0.15) is 44.1 Å². The van der Waals surface area contributed by atoms with Crippen LogP contribution in [-0.2, 0) is 6.54 Å². The van der Waals surface area contributed by atoms with Crippen LogP contribution in [0.3, 0.4) is 0 Å². The van der Waals surface area contributed by atoms with Gasteiger partial charge in [0.2, 0.25) is 0 Å². The third-order valence-corrected chi connectivity index (χ3v) is 5.77. The van der Waals surface area contributed by atoms with Crippen LogP contribution >= 0.6 is 0 Å². The molecule has 4 rings (SSSR count). The summed E-state index contributed by atoms with van der Waals surface area (Å²) in [5, 5.41) is 0. The van der Waals surface area contributed by atoms with E-state index < -0.39 is 0 Å². The van der Waals surface area contributed by atoms with Crippen molar-refractivity contribution in [1.29, 1.82) is 0 Å². The van der Waals surface area contributed by atoms with Gasteiger partial charge in [-0.15, -0.1) is 0 Å². The van der Waals surface area contributed by atoms with Crippen LogP contribution in [0.4, 0.5) is 0 Å². The Morgan fingerprint density at radius 3 is 2.71 bits per heavy atom. The fraction of sp³-hybridized carbons (Fsp3) is 0.571. The summed E-state index contributed by atoms with van der Waals surface area (Å²) in [7, 11) is 0. The number of aliphatic imine (C=N–C) groups is 1. The van der Waals surface area contributed by atoms with E-state index in [1.807, 2.05) is 0 Å². The maximum Gasteiger partial charge on any atom is 0.110 e. The molecule has 0 unspecified atom stereocenters. The lowest BCUT2D eigenvalue weighted by molar-refractivity contribution is 0.195. The molecule has 1 aliphatic carbocycles. The lowest BCUT2D eigenvalue weighted by Crippen LogP contribution is -2.42. The molecular formula is C21H29N3. The SMILES string of the molecule is C1=NCN(CC2CCCCC2)C2=C1CCN(Cc1ccccc1)C2. The first-order valence-corrected chi connectivity index (χ1v) is 9.61. The van der Waals surface area contributed by atoms with E-state index in [-0.39, 0.29) is 0 Å². The molecule has 0 bridgehead atoms. The summed E-state index contributed by atoms with van der Waals surface area (Å²) in [6, 6.07) is 10.9. The van der Waals surface area contributed by atoms with Crippen LogP contribution in [-0.4, -0.2) is 42.3 Å². The Hall–Kier alpha value is -1.61. The Morgan fingerprint density at radius 2 is 1.88 bits per heavy atom. The summed E-state index contributed by atoms with van der Waals surface area (Å²) < 4.78 is 0. The Morgan fingerprint density at radius 1 is 1.04 bits per heavy atom. The highest BCUT2D eigenvalue weighted by atomic mass is 15.3. The lowest BCUT2D eigenvalue weighted by Gasteiger charge is -2.39. The molecule has 24 heavy (non-hydrogen) atoms. The molecule has 0 spiro atoms. The molecule has 0 atom stereocenters. The highest BCUT2D eigenvalue weighted by Gasteiger charge is 2.26. The number of hydrogen-bond acceptors (Lipinski definition) is 3. The van der Waals surface area contributed by atoms with Gasteiger partial charge in [-0.05, 0) is 36.3 Å². The second-order valence-electron chi connectivity index (χ2n) is 7.60. The van der Waals surface area contributed by atoms with Crippen LogP contribution < -0.4 is 0 Å². The van der Waals surface area contributed by atoms with Gasteiger partial charge in [-0.3, -0.25) is 9.89 Å². The summed E-state index contributed by atoms with van der Waals surface area (Å²) in [5.41, 5.74) is 4.46. The van der Waals surface area contributed by atoms with Crippen LogP contribution in [0.2, 0.25) is 0 Å². The molecule has 2 heterocycles. The number of nitrogens with zero attached hydrogens (tertiary/aromatic N) is 3. The first kappa shape index (κ1) is 15.9. The molecule has 0 N–H and O–H groups in total. The Bertz CT molecular complexity index is 599. The van der Waals surface area contributed by atoms with Crippen molar-refractivity contribution in [2.45, 2.75) is 45.1 Å². The molecule has 3 nitrogen and oxygen atoms in total. The van der Waals surface area contributed by atoms with E-state index in [0.29, 0.717) is 0 Å². The average molecular weight is 323 g/mol. The topological polar surface area (TPSA) is 18.8 Å². The van der Waals surface area contributed by atoms with E-state index in [4.69, 9.17) is 0 Å². The molecule has 128 valence electrons. The average Bonchev–Trinajstić information content (AvgIpc) is 2.64. The molecule has 1 aromatic carbocycles. The smallest absolute Gasteiger partial charge is 0.110 e. The molecule has 1 saturated carbocycles. The molecule has 1 aromatic rings. The fourth-order valence-electron chi connectivity index (χ4n) is 4.42. The monoisotopic (exact) mass is 323 g/mol. The zero-order valence-corrected chi connectivity index (χ0v) is 14.7. The first-order valence-electron chi connectivity index (χ1n) is 9.61. The zero-order chi connectivity index (χ0) is 16.2. The molecule has 3 aliphatic rings. The first-order chi connectivity index (χ1) is 11.9. The molecule has 2 aliphatic heterocycles. The maximum absolute atomic E-state index is 4.64. The summed E-state index contributed by atoms with van der Waals surface area (Å²) in [6.07, 6.45) is 10.4. The van der Waals surface area contributed by atoms with Crippen LogP contribution in [0.5, 0.6) is 0 Å². The predicted octanol–water partition coefficient (Wildman–Crippen LogP) is 4.07. The van der Waals surface area contributed by atoms with Gasteiger partial charge in [0.15, 0.2) is 0 Å². The van der Waals surface area contributed by atoms with E-state index in [1.165, 1.54) is 49.8 Å². The predicted molar refractivity (Wildman–Crippen MR) is 100 cm³/mol. The highest BCUT2D eigenvalue weighted by Crippen LogP contribution is 2.29. The minimum atomic E-state index is 0.870. The summed E-state index contributed by atoms with van der Waals surface area (Å²) >= 11 is 0. The summed E-state index contributed by atoms with van der Waals surface area (Å²) in [4.78, 5) is 9.83. The van der Waals surface area contributed by atoms with Crippen molar-refractivity contribution in [2.75, 3.05) is 26.3 Å². The van der Waals surface area contributed by atoms with Crippen LogP contribution in [0, 0.1) is 5.92 Å². The molecule has 0 saturated heterocycles. The molecular weight excluding hydrogens is 294 g/mol. The molecule has 0 amide bonds. The minimum Gasteiger partial charge on any atom is -0.354 e. The van der Waals surface area contributed by atoms with Gasteiger partial charge in [-0.1, -0.05) is 49.6 Å². The van der Waals surface area contributed by atoms with Gasteiger partial charge in [-0.2, -0.15) is 0 Å². The van der Waals surface area contributed by atoms with E-state index >= 15 is 0 Å². The molecule has 0 radical (unpaired) electrons. The molecule has 3 heteroatoms. The third-order valence-electron chi connectivity index (χ3n) is 5.77. The van der Waals surface area contributed by atoms with Crippen molar-refractivity contribution in [1.82, 2.24) is 9.80 Å². The Kier molecular flexibility index (Phi) is 4.98. The van der Waals surface area contributed by atoms with Crippen molar-refractivity contribution in [2.24, 2.45) is 10.9 Å². The van der Waals surface area contributed by atoms with Crippen LogP contribution in [0.25, 0.3) is 0 Å². The standard InChI is InChI=1S/C21H29N3/c1-3-7-18(8-4-1)14-23-12-11-20-13-22-17-24(21(20)16-23)15-19-9-5-2-6-10-19/h1,3-4,7-8,13,19H,2,5-6,9-12,14-17H2. The van der Waals surface area contributed by atoms with Crippen molar-refractivity contribution < 1.29 is 0 Å². The quantitative estimate of drug-likeness (QED) is 0.832. The fourth-order valence-corrected chi connectivity index (χ4v) is 4.42. The van der Waals surface area contributed by atoms with E-state index in [2.05, 4.69) is 51.3 Å². The maximum atomic E-state index is 4.64. The van der Waals surface area contributed by atoms with Gasteiger partial charge >= 0.3 is 0 Å². The Balaban J connectivity index is 1.42.